The number of ketones is 1. The van der Waals surface area contributed by atoms with Crippen molar-refractivity contribution >= 4 is 23.3 Å². The van der Waals surface area contributed by atoms with Gasteiger partial charge >= 0.3 is 0 Å². The van der Waals surface area contributed by atoms with E-state index in [1.165, 1.54) is 4.57 Å². The smallest absolute Gasteiger partial charge is 0.268 e. The number of carbonyl (C=O) groups is 2. The number of carbonyl (C=O) groups excluding carboxylic acids is 2. The highest BCUT2D eigenvalue weighted by Crippen LogP contribution is 2.35. The molecule has 0 saturated heterocycles. The topological polar surface area (TPSA) is 77.4 Å². The molecule has 0 radical (unpaired) electrons. The van der Waals surface area contributed by atoms with Gasteiger partial charge in [-0.25, -0.2) is 0 Å². The van der Waals surface area contributed by atoms with E-state index in [0.717, 1.165) is 0 Å². The predicted molar refractivity (Wildman–Crippen MR) is 117 cm³/mol. The van der Waals surface area contributed by atoms with Crippen LogP contribution in [0, 0.1) is 5.41 Å². The van der Waals surface area contributed by atoms with Crippen molar-refractivity contribution in [3.63, 3.8) is 0 Å². The van der Waals surface area contributed by atoms with Crippen LogP contribution in [0.4, 0.5) is 0 Å². The van der Waals surface area contributed by atoms with Crippen molar-refractivity contribution in [3.8, 4) is 5.69 Å². The Balaban J connectivity index is 2.06. The summed E-state index contributed by atoms with van der Waals surface area (Å²) in [5.41, 5.74) is 0.809. The van der Waals surface area contributed by atoms with Crippen molar-refractivity contribution in [1.29, 1.82) is 0 Å². The molecule has 1 N–H and O–H groups in total. The zero-order chi connectivity index (χ0) is 21.9. The Labute approximate surface area is 181 Å². The van der Waals surface area contributed by atoms with Gasteiger partial charge in [0, 0.05) is 48.6 Å². The number of nitrogens with one attached hydrogen (secondary N) is 1. The molecule has 1 aromatic heterocycles. The van der Waals surface area contributed by atoms with Gasteiger partial charge in [-0.2, -0.15) is 0 Å². The van der Waals surface area contributed by atoms with E-state index in [1.54, 1.807) is 30.5 Å². The molecule has 7 heteroatoms. The maximum atomic E-state index is 13.4. The summed E-state index contributed by atoms with van der Waals surface area (Å²) < 4.78 is 6.65. The van der Waals surface area contributed by atoms with E-state index in [-0.39, 0.29) is 16.8 Å². The third kappa shape index (κ3) is 4.82. The van der Waals surface area contributed by atoms with Crippen molar-refractivity contribution in [2.24, 2.45) is 5.41 Å². The fourth-order valence-corrected chi connectivity index (χ4v) is 3.91. The maximum absolute atomic E-state index is 13.4. The van der Waals surface area contributed by atoms with Crippen LogP contribution in [0.3, 0.4) is 0 Å². The average Bonchev–Trinajstić information content (AvgIpc) is 2.67. The van der Waals surface area contributed by atoms with E-state index in [1.807, 2.05) is 20.8 Å². The fourth-order valence-electron chi connectivity index (χ4n) is 3.78. The second-order valence-electron chi connectivity index (χ2n) is 8.30. The highest BCUT2D eigenvalue weighted by atomic mass is 35.5. The second kappa shape index (κ2) is 9.14. The van der Waals surface area contributed by atoms with E-state index in [4.69, 9.17) is 16.3 Å². The lowest BCUT2D eigenvalue weighted by atomic mass is 9.73. The molecular formula is C23H27ClN2O4. The first kappa shape index (κ1) is 22.2. The van der Waals surface area contributed by atoms with Crippen molar-refractivity contribution in [2.45, 2.75) is 40.0 Å². The Morgan fingerprint density at radius 3 is 2.57 bits per heavy atom. The minimum atomic E-state index is -0.457. The quantitative estimate of drug-likeness (QED) is 0.677. The number of halogens is 1. The van der Waals surface area contributed by atoms with E-state index in [2.05, 4.69) is 5.32 Å². The molecule has 1 aliphatic rings. The molecule has 6 nitrogen and oxygen atoms in total. The van der Waals surface area contributed by atoms with Gasteiger partial charge < -0.3 is 10.1 Å². The van der Waals surface area contributed by atoms with Crippen LogP contribution in [0.2, 0.25) is 5.02 Å². The van der Waals surface area contributed by atoms with Crippen molar-refractivity contribution in [2.75, 3.05) is 19.8 Å². The summed E-state index contributed by atoms with van der Waals surface area (Å²) in [4.78, 5) is 39.3. The highest BCUT2D eigenvalue weighted by Gasteiger charge is 2.35. The first-order chi connectivity index (χ1) is 14.2. The Hall–Kier alpha value is -2.44. The Morgan fingerprint density at radius 1 is 1.20 bits per heavy atom. The fraction of sp³-hybridized carbons (Fsp3) is 0.435. The minimum absolute atomic E-state index is 0.0417. The van der Waals surface area contributed by atoms with Gasteiger partial charge in [-0.15, -0.1) is 0 Å². The lowest BCUT2D eigenvalue weighted by Crippen LogP contribution is -2.39. The molecule has 30 heavy (non-hydrogen) atoms. The number of amides is 1. The number of Topliss-reactive ketones (excluding diaryl/α,β-unsaturated/α-hetero) is 1. The first-order valence-corrected chi connectivity index (χ1v) is 10.5. The lowest BCUT2D eigenvalue weighted by Gasteiger charge is -2.31. The van der Waals surface area contributed by atoms with E-state index >= 15 is 0 Å². The third-order valence-corrected chi connectivity index (χ3v) is 5.45. The van der Waals surface area contributed by atoms with E-state index in [9.17, 15) is 14.4 Å². The zero-order valence-corrected chi connectivity index (χ0v) is 18.3. The molecular weight excluding hydrogens is 404 g/mol. The van der Waals surface area contributed by atoms with Crippen LogP contribution in [0.15, 0.2) is 35.3 Å². The van der Waals surface area contributed by atoms with Crippen LogP contribution >= 0.6 is 11.6 Å². The number of rotatable bonds is 7. The largest absolute Gasteiger partial charge is 0.382 e. The zero-order valence-electron chi connectivity index (χ0n) is 17.6. The molecule has 0 unspecified atom stereocenters. The monoisotopic (exact) mass is 430 g/mol. The van der Waals surface area contributed by atoms with Gasteiger partial charge in [-0.3, -0.25) is 19.0 Å². The average molecular weight is 431 g/mol. The lowest BCUT2D eigenvalue weighted by molar-refractivity contribution is 0.0908. The van der Waals surface area contributed by atoms with Crippen LogP contribution in [0.1, 0.15) is 59.9 Å². The number of benzene rings is 1. The molecule has 1 heterocycles. The molecule has 2 aromatic rings. The predicted octanol–water partition coefficient (Wildman–Crippen LogP) is 3.80. The molecule has 0 atom stereocenters. The van der Waals surface area contributed by atoms with Gasteiger partial charge in [0.15, 0.2) is 5.78 Å². The number of hydrogen-bond acceptors (Lipinski definition) is 4. The molecule has 0 saturated carbocycles. The first-order valence-electron chi connectivity index (χ1n) is 10.2. The number of aromatic nitrogens is 1. The summed E-state index contributed by atoms with van der Waals surface area (Å²) >= 11 is 5.97. The van der Waals surface area contributed by atoms with Gasteiger partial charge in [0.2, 0.25) is 0 Å². The third-order valence-electron chi connectivity index (χ3n) is 5.20. The molecule has 0 bridgehead atoms. The summed E-state index contributed by atoms with van der Waals surface area (Å²) in [5, 5.41) is 3.35. The second-order valence-corrected chi connectivity index (χ2v) is 8.73. The minimum Gasteiger partial charge on any atom is -0.382 e. The summed E-state index contributed by atoms with van der Waals surface area (Å²) in [5.74, 6) is -0.518. The summed E-state index contributed by atoms with van der Waals surface area (Å²) in [6, 6.07) is 6.72. The number of nitrogens with zero attached hydrogens (tertiary/aromatic N) is 1. The molecule has 1 aromatic carbocycles. The van der Waals surface area contributed by atoms with Crippen LogP contribution in [0.5, 0.6) is 0 Å². The van der Waals surface area contributed by atoms with Crippen LogP contribution in [0.25, 0.3) is 5.69 Å². The Bertz CT molecular complexity index is 1010. The van der Waals surface area contributed by atoms with Crippen molar-refractivity contribution < 1.29 is 14.3 Å². The summed E-state index contributed by atoms with van der Waals surface area (Å²) in [6.45, 7) is 7.39. The highest BCUT2D eigenvalue weighted by molar-refractivity contribution is 6.30. The van der Waals surface area contributed by atoms with E-state index in [0.29, 0.717) is 60.9 Å². The number of fused-ring (bicyclic) bond motifs is 1. The summed E-state index contributed by atoms with van der Waals surface area (Å²) in [6.07, 6.45) is 3.06. The van der Waals surface area contributed by atoms with Crippen molar-refractivity contribution in [1.82, 2.24) is 9.88 Å². The van der Waals surface area contributed by atoms with Gasteiger partial charge in [-0.1, -0.05) is 25.4 Å². The molecule has 0 aliphatic heterocycles. The van der Waals surface area contributed by atoms with Crippen molar-refractivity contribution in [3.05, 3.63) is 62.5 Å². The SMILES string of the molecule is CCOCCCNC(=O)c1c2c(cn(-c3ccc(Cl)cc3)c1=O)C(=O)CC(C)(C)C2. The molecule has 1 aliphatic carbocycles. The normalized spacial score (nSPS) is 15.0. The van der Waals surface area contributed by atoms with Crippen LogP contribution in [-0.4, -0.2) is 36.0 Å². The Kier molecular flexibility index (Phi) is 6.78. The molecule has 3 rings (SSSR count). The van der Waals surface area contributed by atoms with Crippen LogP contribution < -0.4 is 10.9 Å². The van der Waals surface area contributed by atoms with Gasteiger partial charge in [-0.05, 0) is 55.0 Å². The molecule has 160 valence electrons. The summed E-state index contributed by atoms with van der Waals surface area (Å²) in [7, 11) is 0. The molecule has 0 spiro atoms. The van der Waals surface area contributed by atoms with E-state index < -0.39 is 11.5 Å². The Morgan fingerprint density at radius 2 is 1.90 bits per heavy atom. The van der Waals surface area contributed by atoms with Crippen LogP contribution in [-0.2, 0) is 11.2 Å². The standard InChI is InChI=1S/C23H27ClN2O4/c1-4-30-11-5-10-25-21(28)20-17-12-23(2,3)13-19(27)18(17)14-26(22(20)29)16-8-6-15(24)7-9-16/h6-9,14H,4-5,10-13H2,1-3H3,(H,25,28). The molecule has 1 amide bonds. The number of ether oxygens (including phenoxy) is 1. The molecule has 0 fully saturated rings. The van der Waals surface area contributed by atoms with Gasteiger partial charge in [0.1, 0.15) is 5.56 Å². The maximum Gasteiger partial charge on any atom is 0.268 e. The number of pyridine rings is 1. The van der Waals surface area contributed by atoms with Gasteiger partial charge in [0.25, 0.3) is 11.5 Å². The number of hydrogen-bond donors (Lipinski definition) is 1. The van der Waals surface area contributed by atoms with Gasteiger partial charge in [0.05, 0.1) is 0 Å².